The summed E-state index contributed by atoms with van der Waals surface area (Å²) in [7, 11) is 0. The average Bonchev–Trinajstić information content (AvgIpc) is 1.94. The Hall–Kier alpha value is -1.11. The maximum Gasteiger partial charge on any atom is 1.00 e. The number of nitrogen functional groups attached to an aromatic ring is 1. The standard InChI is InChI=1S/C7H7NO3.Li/c8-6-2-1-4(9)3-5(6)7(10)11;/h1-3,9H,8H2,(H,10,11);/q;+1/p-1. The first kappa shape index (κ1) is 10.9. The number of anilines is 1. The third-order valence-electron chi connectivity index (χ3n) is 1.26. The van der Waals surface area contributed by atoms with E-state index >= 15 is 0 Å². The zero-order chi connectivity index (χ0) is 8.43. The zero-order valence-electron chi connectivity index (χ0n) is 6.57. The molecule has 0 amide bonds. The molecule has 1 rings (SSSR count). The second-order valence-electron chi connectivity index (χ2n) is 2.06. The Morgan fingerprint density at radius 1 is 1.50 bits per heavy atom. The molecule has 3 N–H and O–H groups in total. The first-order valence-corrected chi connectivity index (χ1v) is 2.91. The van der Waals surface area contributed by atoms with E-state index in [9.17, 15) is 9.90 Å². The summed E-state index contributed by atoms with van der Waals surface area (Å²) in [6.45, 7) is 0. The predicted octanol–water partition coefficient (Wildman–Crippen LogP) is -3.66. The molecule has 0 aliphatic rings. The Morgan fingerprint density at radius 3 is 2.50 bits per heavy atom. The van der Waals surface area contributed by atoms with Crippen LogP contribution in [-0.4, -0.2) is 11.1 Å². The van der Waals surface area contributed by atoms with Crippen LogP contribution in [0.1, 0.15) is 10.4 Å². The minimum atomic E-state index is -1.39. The smallest absolute Gasteiger partial charge is 0.545 e. The van der Waals surface area contributed by atoms with E-state index in [-0.39, 0.29) is 35.9 Å². The molecule has 5 heteroatoms. The fraction of sp³-hybridized carbons (Fsp3) is 0. The molecule has 12 heavy (non-hydrogen) atoms. The van der Waals surface area contributed by atoms with Crippen molar-refractivity contribution < 1.29 is 33.9 Å². The van der Waals surface area contributed by atoms with Crippen LogP contribution in [0.15, 0.2) is 18.2 Å². The number of hydrogen-bond donors (Lipinski definition) is 2. The molecular formula is C7H6LiNO3. The van der Waals surface area contributed by atoms with Gasteiger partial charge < -0.3 is 20.7 Å². The van der Waals surface area contributed by atoms with Gasteiger partial charge in [-0.2, -0.15) is 0 Å². The van der Waals surface area contributed by atoms with E-state index in [4.69, 9.17) is 10.8 Å². The van der Waals surface area contributed by atoms with E-state index < -0.39 is 5.97 Å². The Morgan fingerprint density at radius 2 is 2.08 bits per heavy atom. The number of rotatable bonds is 1. The van der Waals surface area contributed by atoms with Gasteiger partial charge in [-0.3, -0.25) is 0 Å². The van der Waals surface area contributed by atoms with Crippen molar-refractivity contribution in [1.82, 2.24) is 0 Å². The molecule has 0 aliphatic carbocycles. The maximum atomic E-state index is 10.3. The number of phenols is 1. The van der Waals surface area contributed by atoms with Crippen molar-refractivity contribution in [3.63, 3.8) is 0 Å². The Kier molecular flexibility index (Phi) is 3.67. The molecule has 1 aromatic rings. The normalized spacial score (nSPS) is 8.67. The van der Waals surface area contributed by atoms with Gasteiger partial charge in [0.05, 0.1) is 5.97 Å². The number of carbonyl (C=O) groups excluding carboxylic acids is 1. The van der Waals surface area contributed by atoms with Gasteiger partial charge >= 0.3 is 18.9 Å². The summed E-state index contributed by atoms with van der Waals surface area (Å²) >= 11 is 0. The minimum absolute atomic E-state index is 0. The molecule has 0 fully saturated rings. The molecule has 0 unspecified atom stereocenters. The fourth-order valence-corrected chi connectivity index (χ4v) is 0.721. The summed E-state index contributed by atoms with van der Waals surface area (Å²) in [6, 6.07) is 3.66. The first-order chi connectivity index (χ1) is 5.11. The van der Waals surface area contributed by atoms with Gasteiger partial charge in [0.2, 0.25) is 0 Å². The number of aromatic carboxylic acids is 1. The zero-order valence-corrected chi connectivity index (χ0v) is 6.57. The third-order valence-corrected chi connectivity index (χ3v) is 1.26. The number of carboxylic acid groups (broad SMARTS) is 1. The first-order valence-electron chi connectivity index (χ1n) is 2.91. The Labute approximate surface area is 81.2 Å². The Bertz CT molecular complexity index is 301. The van der Waals surface area contributed by atoms with Gasteiger partial charge in [0.25, 0.3) is 0 Å². The summed E-state index contributed by atoms with van der Waals surface area (Å²) in [5, 5.41) is 19.1. The van der Waals surface area contributed by atoms with Crippen molar-refractivity contribution in [3.05, 3.63) is 23.8 Å². The molecule has 0 heterocycles. The predicted molar refractivity (Wildman–Crippen MR) is 36.8 cm³/mol. The molecule has 0 aliphatic heterocycles. The number of phenolic OH excluding ortho intramolecular Hbond substituents is 1. The molecule has 0 saturated carbocycles. The maximum absolute atomic E-state index is 10.3. The number of aromatic hydroxyl groups is 1. The molecule has 58 valence electrons. The summed E-state index contributed by atoms with van der Waals surface area (Å²) in [4.78, 5) is 10.3. The molecule has 4 nitrogen and oxygen atoms in total. The fourth-order valence-electron chi connectivity index (χ4n) is 0.721. The quantitative estimate of drug-likeness (QED) is 0.251. The van der Waals surface area contributed by atoms with Crippen molar-refractivity contribution in [3.8, 4) is 5.75 Å². The van der Waals surface area contributed by atoms with E-state index in [1.165, 1.54) is 12.1 Å². The molecule has 0 bridgehead atoms. The van der Waals surface area contributed by atoms with Gasteiger partial charge in [-0.25, -0.2) is 0 Å². The third kappa shape index (κ3) is 2.19. The van der Waals surface area contributed by atoms with Gasteiger partial charge in [0, 0.05) is 11.3 Å². The number of benzene rings is 1. The van der Waals surface area contributed by atoms with Crippen molar-refractivity contribution in [2.24, 2.45) is 0 Å². The largest absolute Gasteiger partial charge is 1.00 e. The molecular weight excluding hydrogens is 153 g/mol. The number of carboxylic acids is 1. The van der Waals surface area contributed by atoms with E-state index in [0.717, 1.165) is 6.07 Å². The van der Waals surface area contributed by atoms with Crippen LogP contribution in [-0.2, 0) is 0 Å². The van der Waals surface area contributed by atoms with E-state index in [2.05, 4.69) is 0 Å². The number of hydrogen-bond acceptors (Lipinski definition) is 4. The number of nitrogens with two attached hydrogens (primary N) is 1. The van der Waals surface area contributed by atoms with Crippen molar-refractivity contribution in [2.45, 2.75) is 0 Å². The van der Waals surface area contributed by atoms with E-state index in [1.807, 2.05) is 0 Å². The van der Waals surface area contributed by atoms with Crippen molar-refractivity contribution >= 4 is 11.7 Å². The van der Waals surface area contributed by atoms with Crippen LogP contribution >= 0.6 is 0 Å². The van der Waals surface area contributed by atoms with Crippen molar-refractivity contribution in [1.29, 1.82) is 0 Å². The number of carbonyl (C=O) groups is 1. The summed E-state index contributed by atoms with van der Waals surface area (Å²) < 4.78 is 0. The van der Waals surface area contributed by atoms with Crippen LogP contribution in [0.25, 0.3) is 0 Å². The van der Waals surface area contributed by atoms with Gasteiger partial charge in [-0.05, 0) is 18.2 Å². The van der Waals surface area contributed by atoms with Crippen LogP contribution in [0.5, 0.6) is 5.75 Å². The van der Waals surface area contributed by atoms with Crippen LogP contribution < -0.4 is 29.7 Å². The molecule has 0 aromatic heterocycles. The summed E-state index contributed by atoms with van der Waals surface area (Å²) in [6.07, 6.45) is 0. The second-order valence-corrected chi connectivity index (χ2v) is 2.06. The monoisotopic (exact) mass is 159 g/mol. The Balaban J connectivity index is 0.00000121. The van der Waals surface area contributed by atoms with Crippen LogP contribution in [0.4, 0.5) is 5.69 Å². The minimum Gasteiger partial charge on any atom is -0.545 e. The molecule has 1 aromatic carbocycles. The van der Waals surface area contributed by atoms with Gasteiger partial charge in [-0.15, -0.1) is 0 Å². The second kappa shape index (κ2) is 4.05. The average molecular weight is 159 g/mol. The molecule has 0 radical (unpaired) electrons. The SMILES string of the molecule is Nc1ccc(O)cc1C(=O)[O-].[Li+]. The van der Waals surface area contributed by atoms with Crippen molar-refractivity contribution in [2.75, 3.05) is 5.73 Å². The van der Waals surface area contributed by atoms with Crippen LogP contribution in [0.3, 0.4) is 0 Å². The van der Waals surface area contributed by atoms with E-state index in [0.29, 0.717) is 0 Å². The van der Waals surface area contributed by atoms with Crippen LogP contribution in [0, 0.1) is 0 Å². The van der Waals surface area contributed by atoms with E-state index in [1.54, 1.807) is 0 Å². The summed E-state index contributed by atoms with van der Waals surface area (Å²) in [5.41, 5.74) is 5.15. The summed E-state index contributed by atoms with van der Waals surface area (Å²) in [5.74, 6) is -1.53. The molecule has 0 atom stereocenters. The van der Waals surface area contributed by atoms with Crippen LogP contribution in [0.2, 0.25) is 0 Å². The van der Waals surface area contributed by atoms with Gasteiger partial charge in [-0.1, -0.05) is 0 Å². The van der Waals surface area contributed by atoms with Gasteiger partial charge in [0.15, 0.2) is 0 Å². The molecule has 0 saturated heterocycles. The topological polar surface area (TPSA) is 86.4 Å². The molecule has 0 spiro atoms. The van der Waals surface area contributed by atoms with Gasteiger partial charge in [0.1, 0.15) is 5.75 Å².